The molecular formula is C23H20O7. The topological polar surface area (TPSA) is 102 Å². The number of hydrogen-bond acceptors (Lipinski definition) is 7. The smallest absolute Gasteiger partial charge is 0.316 e. The molecule has 7 nitrogen and oxygen atoms in total. The van der Waals surface area contributed by atoms with Gasteiger partial charge in [-0.15, -0.1) is 0 Å². The lowest BCUT2D eigenvalue weighted by atomic mass is 9.70. The number of epoxide rings is 1. The van der Waals surface area contributed by atoms with Gasteiger partial charge in [0.25, 0.3) is 0 Å². The Hall–Kier alpha value is -3.19. The normalized spacial score (nSPS) is 25.6. The van der Waals surface area contributed by atoms with Crippen molar-refractivity contribution < 1.29 is 33.7 Å². The van der Waals surface area contributed by atoms with Crippen LogP contribution in [0.1, 0.15) is 62.2 Å². The van der Waals surface area contributed by atoms with Crippen LogP contribution in [0.4, 0.5) is 0 Å². The molecular weight excluding hydrogens is 388 g/mol. The van der Waals surface area contributed by atoms with Crippen LogP contribution >= 0.6 is 0 Å². The zero-order chi connectivity index (χ0) is 21.4. The Bertz CT molecular complexity index is 1150. The molecule has 1 aliphatic heterocycles. The highest BCUT2D eigenvalue weighted by atomic mass is 16.6. The molecule has 154 valence electrons. The van der Waals surface area contributed by atoms with E-state index in [0.29, 0.717) is 24.0 Å². The summed E-state index contributed by atoms with van der Waals surface area (Å²) >= 11 is 0. The predicted molar refractivity (Wildman–Crippen MR) is 104 cm³/mol. The molecule has 3 aliphatic rings. The maximum absolute atomic E-state index is 13.3. The minimum atomic E-state index is -0.771. The maximum atomic E-state index is 13.3. The molecule has 2 aromatic carbocycles. The first-order chi connectivity index (χ1) is 14.4. The van der Waals surface area contributed by atoms with E-state index >= 15 is 0 Å². The quantitative estimate of drug-likeness (QED) is 0.525. The van der Waals surface area contributed by atoms with Gasteiger partial charge in [0.1, 0.15) is 23.0 Å². The van der Waals surface area contributed by atoms with Crippen molar-refractivity contribution in [1.82, 2.24) is 0 Å². The van der Waals surface area contributed by atoms with Crippen molar-refractivity contribution in [2.75, 3.05) is 14.2 Å². The van der Waals surface area contributed by atoms with E-state index in [-0.39, 0.29) is 39.9 Å². The van der Waals surface area contributed by atoms with Crippen LogP contribution in [0, 0.1) is 0 Å². The number of ether oxygens (including phenoxy) is 3. The van der Waals surface area contributed by atoms with Crippen LogP contribution in [0.15, 0.2) is 24.3 Å². The van der Waals surface area contributed by atoms with E-state index in [0.717, 1.165) is 0 Å². The van der Waals surface area contributed by atoms with E-state index in [2.05, 4.69) is 0 Å². The van der Waals surface area contributed by atoms with Gasteiger partial charge >= 0.3 is 5.97 Å². The molecule has 1 unspecified atom stereocenters. The third-order valence-electron chi connectivity index (χ3n) is 6.66. The van der Waals surface area contributed by atoms with Crippen molar-refractivity contribution in [1.29, 1.82) is 0 Å². The number of carbonyl (C=O) groups excluding carboxylic acids is 3. The molecule has 1 saturated heterocycles. The van der Waals surface area contributed by atoms with Gasteiger partial charge in [0.05, 0.1) is 31.5 Å². The number of rotatable bonds is 3. The van der Waals surface area contributed by atoms with Crippen LogP contribution < -0.4 is 4.74 Å². The average molecular weight is 408 g/mol. The number of ketones is 2. The Balaban J connectivity index is 1.77. The Morgan fingerprint density at radius 2 is 1.97 bits per heavy atom. The largest absolute Gasteiger partial charge is 0.507 e. The average Bonchev–Trinajstić information content (AvgIpc) is 3.49. The molecule has 2 aromatic rings. The molecule has 1 N–H and O–H groups in total. The molecule has 2 aliphatic carbocycles. The fraction of sp³-hybridized carbons (Fsp3) is 0.348. The zero-order valence-corrected chi connectivity index (χ0v) is 16.8. The Morgan fingerprint density at radius 3 is 2.63 bits per heavy atom. The standard InChI is InChI=1S/C23H20O7/c1-4-23-15(30-23)9-12-11(18(23)22(27)29-3)8-13-17(20(12)25)21(26)16-10(19(13)24)6-5-7-14(16)28-2/h5-8,15,18,25H,4,9H2,1-3H3/t15-,18?,23-/m1/s1. The molecule has 0 spiro atoms. The third kappa shape index (κ3) is 2.15. The summed E-state index contributed by atoms with van der Waals surface area (Å²) in [6.07, 6.45) is 0.691. The molecule has 0 bridgehead atoms. The molecule has 7 heteroatoms. The molecule has 30 heavy (non-hydrogen) atoms. The number of carbonyl (C=O) groups is 3. The highest BCUT2D eigenvalue weighted by Crippen LogP contribution is 2.58. The van der Waals surface area contributed by atoms with Gasteiger partial charge in [-0.3, -0.25) is 14.4 Å². The van der Waals surface area contributed by atoms with Crippen molar-refractivity contribution in [3.8, 4) is 11.5 Å². The van der Waals surface area contributed by atoms with E-state index < -0.39 is 29.1 Å². The van der Waals surface area contributed by atoms with Crippen LogP contribution in [0.25, 0.3) is 0 Å². The second kappa shape index (κ2) is 6.15. The van der Waals surface area contributed by atoms with E-state index in [1.807, 2.05) is 6.92 Å². The van der Waals surface area contributed by atoms with Gasteiger partial charge < -0.3 is 19.3 Å². The number of phenolic OH excluding ortho intramolecular Hbond substituents is 1. The summed E-state index contributed by atoms with van der Waals surface area (Å²) in [6, 6.07) is 6.36. The van der Waals surface area contributed by atoms with Crippen LogP contribution in [-0.4, -0.2) is 48.6 Å². The SMILES string of the molecule is CC[C@@]12O[C@@H]1Cc1c(cc3c(c1O)C(=O)c1c(OC)cccc1C3=O)C2C(=O)OC. The van der Waals surface area contributed by atoms with Crippen LogP contribution in [-0.2, 0) is 20.7 Å². The molecule has 0 amide bonds. The van der Waals surface area contributed by atoms with Crippen LogP contribution in [0.2, 0.25) is 0 Å². The second-order valence-corrected chi connectivity index (χ2v) is 7.83. The summed E-state index contributed by atoms with van der Waals surface area (Å²) in [5.74, 6) is -2.13. The highest BCUT2D eigenvalue weighted by molar-refractivity contribution is 6.30. The highest BCUT2D eigenvalue weighted by Gasteiger charge is 2.66. The molecule has 0 saturated carbocycles. The first-order valence-corrected chi connectivity index (χ1v) is 9.80. The van der Waals surface area contributed by atoms with Crippen molar-refractivity contribution in [2.45, 2.75) is 37.4 Å². The van der Waals surface area contributed by atoms with Crippen LogP contribution in [0.3, 0.4) is 0 Å². The number of esters is 1. The van der Waals surface area contributed by atoms with Gasteiger partial charge in [-0.2, -0.15) is 0 Å². The van der Waals surface area contributed by atoms with Crippen molar-refractivity contribution >= 4 is 17.5 Å². The minimum Gasteiger partial charge on any atom is -0.507 e. The Labute approximate surface area is 172 Å². The fourth-order valence-electron chi connectivity index (χ4n) is 5.11. The first kappa shape index (κ1) is 18.8. The molecule has 0 aromatic heterocycles. The lowest BCUT2D eigenvalue weighted by Crippen LogP contribution is -2.37. The zero-order valence-electron chi connectivity index (χ0n) is 16.8. The van der Waals surface area contributed by atoms with Gasteiger partial charge in [-0.1, -0.05) is 19.1 Å². The number of fused-ring (bicyclic) bond motifs is 4. The Morgan fingerprint density at radius 1 is 1.20 bits per heavy atom. The lowest BCUT2D eigenvalue weighted by Gasteiger charge is -2.31. The van der Waals surface area contributed by atoms with E-state index in [1.165, 1.54) is 14.2 Å². The van der Waals surface area contributed by atoms with Crippen molar-refractivity contribution in [3.63, 3.8) is 0 Å². The third-order valence-corrected chi connectivity index (χ3v) is 6.66. The van der Waals surface area contributed by atoms with E-state index in [1.54, 1.807) is 24.3 Å². The first-order valence-electron chi connectivity index (χ1n) is 9.80. The molecule has 0 radical (unpaired) electrons. The molecule has 5 rings (SSSR count). The number of phenols is 1. The summed E-state index contributed by atoms with van der Waals surface area (Å²) in [7, 11) is 2.72. The monoisotopic (exact) mass is 408 g/mol. The number of benzene rings is 2. The van der Waals surface area contributed by atoms with Crippen molar-refractivity contribution in [3.05, 3.63) is 57.6 Å². The predicted octanol–water partition coefficient (Wildman–Crippen LogP) is 2.54. The van der Waals surface area contributed by atoms with Gasteiger partial charge in [0.15, 0.2) is 5.78 Å². The number of hydrogen-bond donors (Lipinski definition) is 1. The van der Waals surface area contributed by atoms with Crippen LogP contribution in [0.5, 0.6) is 11.5 Å². The molecule has 1 fully saturated rings. The molecule has 1 heterocycles. The summed E-state index contributed by atoms with van der Waals surface area (Å²) < 4.78 is 16.2. The van der Waals surface area contributed by atoms with Gasteiger partial charge in [0.2, 0.25) is 5.78 Å². The second-order valence-electron chi connectivity index (χ2n) is 7.83. The number of methoxy groups -OCH3 is 2. The summed E-state index contributed by atoms with van der Waals surface area (Å²) in [5, 5.41) is 11.1. The lowest BCUT2D eigenvalue weighted by molar-refractivity contribution is -0.144. The van der Waals surface area contributed by atoms with Crippen molar-refractivity contribution in [2.24, 2.45) is 0 Å². The summed E-state index contributed by atoms with van der Waals surface area (Å²) in [4.78, 5) is 39.3. The maximum Gasteiger partial charge on any atom is 0.316 e. The summed E-state index contributed by atoms with van der Waals surface area (Å²) in [5.41, 5.74) is 0.613. The fourth-order valence-corrected chi connectivity index (χ4v) is 5.11. The summed E-state index contributed by atoms with van der Waals surface area (Å²) in [6.45, 7) is 1.93. The van der Waals surface area contributed by atoms with E-state index in [9.17, 15) is 19.5 Å². The molecule has 3 atom stereocenters. The van der Waals surface area contributed by atoms with E-state index in [4.69, 9.17) is 14.2 Å². The minimum absolute atomic E-state index is 0.0518. The Kier molecular flexibility index (Phi) is 3.86. The van der Waals surface area contributed by atoms with Gasteiger partial charge in [-0.05, 0) is 24.1 Å². The number of aromatic hydroxyl groups is 1. The van der Waals surface area contributed by atoms with Gasteiger partial charge in [-0.25, -0.2) is 0 Å². The van der Waals surface area contributed by atoms with Gasteiger partial charge in [0, 0.05) is 23.1 Å².